The lowest BCUT2D eigenvalue weighted by Gasteiger charge is -2.32. The third-order valence-electron chi connectivity index (χ3n) is 6.83. The summed E-state index contributed by atoms with van der Waals surface area (Å²) in [5, 5.41) is 6.39. The van der Waals surface area contributed by atoms with Crippen molar-refractivity contribution in [3.63, 3.8) is 0 Å². The number of hydrogen-bond acceptors (Lipinski definition) is 5. The van der Waals surface area contributed by atoms with Crippen LogP contribution in [0.2, 0.25) is 0 Å². The smallest absolute Gasteiger partial charge is 0.246 e. The van der Waals surface area contributed by atoms with Gasteiger partial charge in [-0.3, -0.25) is 4.79 Å². The number of rotatable bonds is 10. The van der Waals surface area contributed by atoms with Crippen molar-refractivity contribution in [1.29, 1.82) is 0 Å². The first kappa shape index (κ1) is 28.6. The fraction of sp³-hybridized carbons (Fsp3) is 0.567. The predicted octanol–water partition coefficient (Wildman–Crippen LogP) is 6.91. The molecule has 1 aromatic carbocycles. The van der Waals surface area contributed by atoms with Crippen molar-refractivity contribution in [2.75, 3.05) is 23.7 Å². The van der Waals surface area contributed by atoms with E-state index in [1.807, 2.05) is 6.07 Å². The number of nitrogens with one attached hydrogen (secondary N) is 2. The Morgan fingerprint density at radius 1 is 1.24 bits per heavy atom. The fourth-order valence-electron chi connectivity index (χ4n) is 4.34. The van der Waals surface area contributed by atoms with Crippen molar-refractivity contribution in [2.24, 2.45) is 11.8 Å². The summed E-state index contributed by atoms with van der Waals surface area (Å²) in [6.45, 7) is 13.7. The molecule has 1 unspecified atom stereocenters. The Hall–Kier alpha value is -2.96. The van der Waals surface area contributed by atoms with Crippen LogP contribution < -0.4 is 10.6 Å². The van der Waals surface area contributed by atoms with Gasteiger partial charge >= 0.3 is 0 Å². The fourth-order valence-corrected chi connectivity index (χ4v) is 4.34. The molecule has 2 fully saturated rings. The molecule has 0 radical (unpaired) electrons. The van der Waals surface area contributed by atoms with Gasteiger partial charge in [0.2, 0.25) is 11.9 Å². The number of carbonyl (C=O) groups is 1. The minimum atomic E-state index is -0.511. The second kappa shape index (κ2) is 14.1. The van der Waals surface area contributed by atoms with E-state index in [-0.39, 0.29) is 17.8 Å². The summed E-state index contributed by atoms with van der Waals surface area (Å²) in [7, 11) is 0. The van der Waals surface area contributed by atoms with Crippen molar-refractivity contribution in [3.05, 3.63) is 54.0 Å². The topological polar surface area (TPSA) is 70.2 Å². The van der Waals surface area contributed by atoms with Crippen LogP contribution in [0.1, 0.15) is 77.3 Å². The van der Waals surface area contributed by atoms with Gasteiger partial charge in [-0.15, -0.1) is 0 Å². The average molecular weight is 510 g/mol. The molecule has 0 bridgehead atoms. The third-order valence-corrected chi connectivity index (χ3v) is 6.83. The zero-order valence-electron chi connectivity index (χ0n) is 23.0. The number of piperidine rings is 1. The zero-order valence-corrected chi connectivity index (χ0v) is 23.0. The van der Waals surface area contributed by atoms with Crippen LogP contribution in [0.3, 0.4) is 0 Å². The summed E-state index contributed by atoms with van der Waals surface area (Å²) in [4.78, 5) is 22.2. The molecular weight excluding hydrogens is 465 g/mol. The second-order valence-electron chi connectivity index (χ2n) is 10.8. The maximum absolute atomic E-state index is 14.4. The summed E-state index contributed by atoms with van der Waals surface area (Å²) < 4.78 is 14.4. The average Bonchev–Trinajstić information content (AvgIpc) is 3.67. The van der Waals surface area contributed by atoms with Gasteiger partial charge < -0.3 is 15.5 Å². The maximum Gasteiger partial charge on any atom is 0.246 e. The SMILES string of the molecule is C=CC(=O)N1CCCC(Nc2nc(Nc3ccc(CCC(C)C)c(CCC)c3)ncc2F)C1.CC1CC1. The van der Waals surface area contributed by atoms with Crippen LogP contribution in [0.4, 0.5) is 21.8 Å². The number of carbonyl (C=O) groups excluding carboxylic acids is 1. The predicted molar refractivity (Wildman–Crippen MR) is 151 cm³/mol. The number of nitrogens with zero attached hydrogens (tertiary/aromatic N) is 3. The number of anilines is 3. The van der Waals surface area contributed by atoms with E-state index in [1.54, 1.807) is 4.90 Å². The van der Waals surface area contributed by atoms with E-state index in [0.717, 1.165) is 50.1 Å². The molecular formula is C30H44FN5O. The quantitative estimate of drug-likeness (QED) is 0.341. The molecule has 1 atom stereocenters. The Morgan fingerprint density at radius 2 is 2.00 bits per heavy atom. The number of benzene rings is 1. The first-order chi connectivity index (χ1) is 17.8. The maximum atomic E-state index is 14.4. The molecule has 1 aliphatic carbocycles. The van der Waals surface area contributed by atoms with Crippen LogP contribution in [0.5, 0.6) is 0 Å². The lowest BCUT2D eigenvalue weighted by atomic mass is 9.95. The monoisotopic (exact) mass is 509 g/mol. The summed E-state index contributed by atoms with van der Waals surface area (Å²) in [6.07, 6.45) is 11.5. The molecule has 2 N–H and O–H groups in total. The van der Waals surface area contributed by atoms with Crippen LogP contribution in [0, 0.1) is 17.7 Å². The van der Waals surface area contributed by atoms with E-state index < -0.39 is 5.82 Å². The van der Waals surface area contributed by atoms with Gasteiger partial charge in [-0.2, -0.15) is 4.98 Å². The van der Waals surface area contributed by atoms with Gasteiger partial charge in [-0.05, 0) is 73.3 Å². The zero-order chi connectivity index (χ0) is 26.8. The summed E-state index contributed by atoms with van der Waals surface area (Å²) >= 11 is 0. The summed E-state index contributed by atoms with van der Waals surface area (Å²) in [5.41, 5.74) is 3.61. The highest BCUT2D eigenvalue weighted by atomic mass is 19.1. The van der Waals surface area contributed by atoms with Gasteiger partial charge in [0.15, 0.2) is 11.6 Å². The van der Waals surface area contributed by atoms with Crippen LogP contribution in [0.15, 0.2) is 37.1 Å². The molecule has 202 valence electrons. The number of likely N-dealkylation sites (tertiary alicyclic amines) is 1. The molecule has 37 heavy (non-hydrogen) atoms. The Balaban J connectivity index is 0.000000865. The van der Waals surface area contributed by atoms with Crippen molar-refractivity contribution >= 4 is 23.4 Å². The van der Waals surface area contributed by atoms with Crippen molar-refractivity contribution in [1.82, 2.24) is 14.9 Å². The number of halogens is 1. The van der Waals surface area contributed by atoms with E-state index in [1.165, 1.54) is 36.2 Å². The minimum Gasteiger partial charge on any atom is -0.363 e. The van der Waals surface area contributed by atoms with Crippen LogP contribution in [-0.2, 0) is 17.6 Å². The van der Waals surface area contributed by atoms with Gasteiger partial charge in [0, 0.05) is 24.8 Å². The summed E-state index contributed by atoms with van der Waals surface area (Å²) in [5.74, 6) is 1.62. The Bertz CT molecular complexity index is 1040. The van der Waals surface area contributed by atoms with E-state index in [4.69, 9.17) is 0 Å². The first-order valence-corrected chi connectivity index (χ1v) is 13.9. The molecule has 2 aliphatic rings. The molecule has 7 heteroatoms. The standard InChI is InChI=1S/C26H36FN5O.C4H8/c1-5-8-20-15-21(13-12-19(20)11-10-18(3)4)30-26-28-16-23(27)25(31-26)29-22-9-7-14-32(17-22)24(33)6-2;1-4-2-3-4/h6,12-13,15-16,18,22H,2,5,7-11,14,17H2,1,3-4H3,(H2,28,29,30,31);4H,2-3H2,1H3. The molecule has 4 rings (SSSR count). The number of aryl methyl sites for hydroxylation is 2. The Labute approximate surface area is 222 Å². The van der Waals surface area contributed by atoms with Crippen molar-refractivity contribution in [2.45, 2.75) is 85.1 Å². The number of aromatic nitrogens is 2. The van der Waals surface area contributed by atoms with Gasteiger partial charge in [0.05, 0.1) is 6.20 Å². The lowest BCUT2D eigenvalue weighted by Crippen LogP contribution is -2.44. The normalized spacial score (nSPS) is 17.1. The number of amides is 1. The number of hydrogen-bond donors (Lipinski definition) is 2. The van der Waals surface area contributed by atoms with E-state index in [0.29, 0.717) is 25.0 Å². The second-order valence-corrected chi connectivity index (χ2v) is 10.8. The largest absolute Gasteiger partial charge is 0.363 e. The van der Waals surface area contributed by atoms with Crippen LogP contribution in [0.25, 0.3) is 0 Å². The van der Waals surface area contributed by atoms with Gasteiger partial charge in [-0.1, -0.05) is 59.6 Å². The molecule has 0 spiro atoms. The molecule has 1 amide bonds. The first-order valence-electron chi connectivity index (χ1n) is 13.9. The molecule has 1 saturated heterocycles. The van der Waals surface area contributed by atoms with E-state index >= 15 is 0 Å². The third kappa shape index (κ3) is 9.45. The molecule has 1 saturated carbocycles. The highest BCUT2D eigenvalue weighted by molar-refractivity contribution is 5.87. The van der Waals surface area contributed by atoms with Crippen molar-refractivity contribution < 1.29 is 9.18 Å². The Morgan fingerprint density at radius 3 is 2.65 bits per heavy atom. The van der Waals surface area contributed by atoms with E-state index in [9.17, 15) is 9.18 Å². The minimum absolute atomic E-state index is 0.0729. The highest BCUT2D eigenvalue weighted by Gasteiger charge is 2.23. The molecule has 1 aromatic heterocycles. The van der Waals surface area contributed by atoms with E-state index in [2.05, 4.69) is 67.0 Å². The van der Waals surface area contributed by atoms with Crippen LogP contribution in [-0.4, -0.2) is 39.9 Å². The van der Waals surface area contributed by atoms with Gasteiger partial charge in [-0.25, -0.2) is 9.37 Å². The highest BCUT2D eigenvalue weighted by Crippen LogP contribution is 2.27. The molecule has 2 aromatic rings. The van der Waals surface area contributed by atoms with Crippen molar-refractivity contribution in [3.8, 4) is 0 Å². The van der Waals surface area contributed by atoms with Gasteiger partial charge in [0.25, 0.3) is 0 Å². The lowest BCUT2D eigenvalue weighted by molar-refractivity contribution is -0.127. The molecule has 2 heterocycles. The molecule has 6 nitrogen and oxygen atoms in total. The van der Waals surface area contributed by atoms with Gasteiger partial charge in [0.1, 0.15) is 0 Å². The van der Waals surface area contributed by atoms with Crippen LogP contribution >= 0.6 is 0 Å². The summed E-state index contributed by atoms with van der Waals surface area (Å²) in [6, 6.07) is 6.29. The Kier molecular flexibility index (Phi) is 10.9. The molecule has 1 aliphatic heterocycles.